The summed E-state index contributed by atoms with van der Waals surface area (Å²) in [5, 5.41) is 5.13. The van der Waals surface area contributed by atoms with E-state index in [1.807, 2.05) is 6.92 Å². The van der Waals surface area contributed by atoms with E-state index in [9.17, 15) is 14.0 Å². The first-order valence-electron chi connectivity index (χ1n) is 6.66. The summed E-state index contributed by atoms with van der Waals surface area (Å²) in [5.41, 5.74) is 0.116. The van der Waals surface area contributed by atoms with E-state index in [1.165, 1.54) is 23.9 Å². The molecule has 5 nitrogen and oxygen atoms in total. The van der Waals surface area contributed by atoms with Crippen LogP contribution in [0.4, 0.5) is 10.1 Å². The van der Waals surface area contributed by atoms with Gasteiger partial charge in [-0.1, -0.05) is 30.8 Å². The van der Waals surface area contributed by atoms with Gasteiger partial charge in [-0.05, 0) is 18.6 Å². The van der Waals surface area contributed by atoms with Gasteiger partial charge in [0.2, 0.25) is 11.8 Å². The third-order valence-electron chi connectivity index (χ3n) is 2.77. The number of hydrogen-bond donors (Lipinski definition) is 2. The van der Waals surface area contributed by atoms with Crippen LogP contribution in [0, 0.1) is 5.82 Å². The molecule has 0 bridgehead atoms. The zero-order valence-corrected chi connectivity index (χ0v) is 12.4. The zero-order valence-electron chi connectivity index (χ0n) is 11.6. The summed E-state index contributed by atoms with van der Waals surface area (Å²) in [5.74, 6) is -1.14. The Hall–Kier alpha value is -1.89. The molecule has 0 aliphatic carbocycles. The molecule has 1 aromatic rings. The number of nitrogens with one attached hydrogen (secondary N) is 2. The highest BCUT2D eigenvalue weighted by molar-refractivity contribution is 8.15. The molecule has 1 heterocycles. The quantitative estimate of drug-likeness (QED) is 0.875. The monoisotopic (exact) mass is 309 g/mol. The summed E-state index contributed by atoms with van der Waals surface area (Å²) in [6.45, 7) is 2.63. The minimum absolute atomic E-state index is 0.0179. The Kier molecular flexibility index (Phi) is 5.32. The molecule has 0 spiro atoms. The number of anilines is 1. The van der Waals surface area contributed by atoms with E-state index in [0.717, 1.165) is 6.42 Å². The maximum Gasteiger partial charge on any atom is 0.240 e. The molecule has 112 valence electrons. The van der Waals surface area contributed by atoms with Gasteiger partial charge in [0.25, 0.3) is 0 Å². The number of halogens is 1. The van der Waals surface area contributed by atoms with E-state index in [4.69, 9.17) is 0 Å². The SMILES string of the molecule is CCCN=C1NC(=O)[C@@H](CC(=O)Nc2ccccc2F)S1. The van der Waals surface area contributed by atoms with Crippen molar-refractivity contribution in [3.63, 3.8) is 0 Å². The number of carbonyl (C=O) groups excluding carboxylic acids is 2. The normalized spacial score (nSPS) is 19.6. The number of amides is 2. The molecule has 2 N–H and O–H groups in total. The lowest BCUT2D eigenvalue weighted by molar-refractivity contribution is -0.122. The summed E-state index contributed by atoms with van der Waals surface area (Å²) in [6, 6.07) is 5.92. The number of rotatable bonds is 5. The summed E-state index contributed by atoms with van der Waals surface area (Å²) < 4.78 is 13.4. The molecule has 1 saturated heterocycles. The Labute approximate surface area is 126 Å². The molecule has 1 aromatic carbocycles. The Balaban J connectivity index is 1.91. The van der Waals surface area contributed by atoms with Gasteiger partial charge < -0.3 is 10.6 Å². The number of nitrogens with zero attached hydrogens (tertiary/aromatic N) is 1. The summed E-state index contributed by atoms with van der Waals surface area (Å²) in [4.78, 5) is 27.8. The molecular weight excluding hydrogens is 293 g/mol. The topological polar surface area (TPSA) is 70.6 Å². The van der Waals surface area contributed by atoms with Crippen molar-refractivity contribution in [2.45, 2.75) is 25.0 Å². The van der Waals surface area contributed by atoms with Crippen molar-refractivity contribution in [2.75, 3.05) is 11.9 Å². The van der Waals surface area contributed by atoms with Gasteiger partial charge in [0.15, 0.2) is 5.17 Å². The molecule has 2 amide bonds. The first-order valence-corrected chi connectivity index (χ1v) is 7.54. The summed E-state index contributed by atoms with van der Waals surface area (Å²) >= 11 is 1.24. The maximum atomic E-state index is 13.4. The molecule has 0 saturated carbocycles. The van der Waals surface area contributed by atoms with E-state index in [2.05, 4.69) is 15.6 Å². The molecule has 1 fully saturated rings. The van der Waals surface area contributed by atoms with E-state index in [0.29, 0.717) is 11.7 Å². The third-order valence-corrected chi connectivity index (χ3v) is 3.89. The van der Waals surface area contributed by atoms with Crippen LogP contribution >= 0.6 is 11.8 Å². The number of para-hydroxylation sites is 1. The fourth-order valence-corrected chi connectivity index (χ4v) is 2.76. The van der Waals surface area contributed by atoms with Crippen LogP contribution in [0.2, 0.25) is 0 Å². The smallest absolute Gasteiger partial charge is 0.240 e. The van der Waals surface area contributed by atoms with Gasteiger partial charge in [-0.25, -0.2) is 4.39 Å². The van der Waals surface area contributed by atoms with Crippen LogP contribution in [0.25, 0.3) is 0 Å². The second-order valence-electron chi connectivity index (χ2n) is 4.51. The second-order valence-corrected chi connectivity index (χ2v) is 5.71. The fraction of sp³-hybridized carbons (Fsp3) is 0.357. The van der Waals surface area contributed by atoms with Gasteiger partial charge in [0.1, 0.15) is 11.1 Å². The molecule has 0 unspecified atom stereocenters. The van der Waals surface area contributed by atoms with Crippen molar-refractivity contribution in [3.8, 4) is 0 Å². The highest BCUT2D eigenvalue weighted by Gasteiger charge is 2.31. The molecule has 2 rings (SSSR count). The highest BCUT2D eigenvalue weighted by Crippen LogP contribution is 2.23. The lowest BCUT2D eigenvalue weighted by Crippen LogP contribution is -2.28. The molecule has 1 aliphatic heterocycles. The predicted molar refractivity (Wildman–Crippen MR) is 81.8 cm³/mol. The molecule has 21 heavy (non-hydrogen) atoms. The van der Waals surface area contributed by atoms with Crippen LogP contribution in [0.5, 0.6) is 0 Å². The van der Waals surface area contributed by atoms with Crippen molar-refractivity contribution >= 4 is 34.4 Å². The maximum absolute atomic E-state index is 13.4. The van der Waals surface area contributed by atoms with E-state index < -0.39 is 17.0 Å². The van der Waals surface area contributed by atoms with E-state index >= 15 is 0 Å². The van der Waals surface area contributed by atoms with Crippen molar-refractivity contribution in [3.05, 3.63) is 30.1 Å². The predicted octanol–water partition coefficient (Wildman–Crippen LogP) is 2.15. The molecule has 7 heteroatoms. The van der Waals surface area contributed by atoms with Gasteiger partial charge >= 0.3 is 0 Å². The van der Waals surface area contributed by atoms with Crippen LogP contribution < -0.4 is 10.6 Å². The zero-order chi connectivity index (χ0) is 15.2. The number of aliphatic imine (C=N–C) groups is 1. The van der Waals surface area contributed by atoms with Crippen LogP contribution in [0.3, 0.4) is 0 Å². The van der Waals surface area contributed by atoms with Crippen molar-refractivity contribution in [2.24, 2.45) is 4.99 Å². The van der Waals surface area contributed by atoms with Crippen molar-refractivity contribution < 1.29 is 14.0 Å². The van der Waals surface area contributed by atoms with Crippen LogP contribution in [0.15, 0.2) is 29.3 Å². The minimum Gasteiger partial charge on any atom is -0.324 e. The van der Waals surface area contributed by atoms with Gasteiger partial charge in [0, 0.05) is 13.0 Å². The van der Waals surface area contributed by atoms with E-state index in [1.54, 1.807) is 12.1 Å². The summed E-state index contributed by atoms with van der Waals surface area (Å²) in [6.07, 6.45) is 0.869. The molecule has 1 atom stereocenters. The Morgan fingerprint density at radius 2 is 2.24 bits per heavy atom. The van der Waals surface area contributed by atoms with E-state index in [-0.39, 0.29) is 18.0 Å². The molecular formula is C14H16FN3O2S. The largest absolute Gasteiger partial charge is 0.324 e. The lowest BCUT2D eigenvalue weighted by Gasteiger charge is -2.07. The Morgan fingerprint density at radius 1 is 1.48 bits per heavy atom. The van der Waals surface area contributed by atoms with Gasteiger partial charge in [0.05, 0.1) is 5.69 Å². The molecule has 0 aromatic heterocycles. The number of carbonyl (C=O) groups is 2. The number of thioether (sulfide) groups is 1. The highest BCUT2D eigenvalue weighted by atomic mass is 32.2. The van der Waals surface area contributed by atoms with Gasteiger partial charge in [-0.3, -0.25) is 14.6 Å². The van der Waals surface area contributed by atoms with Gasteiger partial charge in [-0.15, -0.1) is 0 Å². The average Bonchev–Trinajstić information content (AvgIpc) is 2.79. The van der Waals surface area contributed by atoms with Crippen molar-refractivity contribution in [1.82, 2.24) is 5.32 Å². The molecule has 1 aliphatic rings. The third kappa shape index (κ3) is 4.29. The van der Waals surface area contributed by atoms with Crippen LogP contribution in [-0.2, 0) is 9.59 Å². The first-order chi connectivity index (χ1) is 10.1. The Bertz CT molecular complexity index is 577. The summed E-state index contributed by atoms with van der Waals surface area (Å²) in [7, 11) is 0. The first kappa shape index (κ1) is 15.5. The standard InChI is InChI=1S/C14H16FN3O2S/c1-2-7-16-14-18-13(20)11(21-14)8-12(19)17-10-6-4-3-5-9(10)15/h3-6,11H,2,7-8H2,1H3,(H,17,19)(H,16,18,20)/t11-/m1/s1. The lowest BCUT2D eigenvalue weighted by atomic mass is 10.2. The van der Waals surface area contributed by atoms with Crippen molar-refractivity contribution in [1.29, 1.82) is 0 Å². The Morgan fingerprint density at radius 3 is 2.95 bits per heavy atom. The molecule has 0 radical (unpaired) electrons. The number of hydrogen-bond acceptors (Lipinski definition) is 4. The van der Waals surface area contributed by atoms with Crippen LogP contribution in [-0.4, -0.2) is 28.8 Å². The fourth-order valence-electron chi connectivity index (χ4n) is 1.76. The van der Waals surface area contributed by atoms with Crippen LogP contribution in [0.1, 0.15) is 19.8 Å². The average molecular weight is 309 g/mol. The number of benzene rings is 1. The minimum atomic E-state index is -0.521. The second kappa shape index (κ2) is 7.21. The number of amidine groups is 1. The van der Waals surface area contributed by atoms with Gasteiger partial charge in [-0.2, -0.15) is 0 Å².